The molecule has 4 rings (SSSR count). The molecule has 3 aromatic rings. The number of rotatable bonds is 7. The third-order valence-corrected chi connectivity index (χ3v) is 5.20. The van der Waals surface area contributed by atoms with Crippen molar-refractivity contribution in [1.82, 2.24) is 15.3 Å². The maximum Gasteiger partial charge on any atom is 0.137 e. The number of hydrogen-bond donors (Lipinski definition) is 2. The Morgan fingerprint density at radius 1 is 0.963 bits per heavy atom. The van der Waals surface area contributed by atoms with Gasteiger partial charge in [-0.05, 0) is 55.8 Å². The summed E-state index contributed by atoms with van der Waals surface area (Å²) in [5.41, 5.74) is 6.29. The summed E-state index contributed by atoms with van der Waals surface area (Å²) in [6.07, 6.45) is 10.8. The van der Waals surface area contributed by atoms with Gasteiger partial charge in [-0.3, -0.25) is 0 Å². The average molecular weight is 358 g/mol. The van der Waals surface area contributed by atoms with Crippen molar-refractivity contribution in [1.29, 1.82) is 0 Å². The van der Waals surface area contributed by atoms with E-state index < -0.39 is 0 Å². The van der Waals surface area contributed by atoms with Gasteiger partial charge in [-0.2, -0.15) is 0 Å². The van der Waals surface area contributed by atoms with Gasteiger partial charge in [-0.1, -0.05) is 60.2 Å². The topological polar surface area (TPSA) is 40.7 Å². The Labute approximate surface area is 161 Å². The first-order valence-corrected chi connectivity index (χ1v) is 9.97. The van der Waals surface area contributed by atoms with E-state index in [-0.39, 0.29) is 0 Å². The Morgan fingerprint density at radius 2 is 1.85 bits per heavy atom. The molecule has 0 aliphatic heterocycles. The monoisotopic (exact) mass is 357 g/mol. The van der Waals surface area contributed by atoms with Gasteiger partial charge in [0, 0.05) is 12.1 Å². The van der Waals surface area contributed by atoms with E-state index >= 15 is 0 Å². The molecular weight excluding hydrogens is 330 g/mol. The van der Waals surface area contributed by atoms with E-state index in [1.165, 1.54) is 43.2 Å². The van der Waals surface area contributed by atoms with Gasteiger partial charge in [0.05, 0.1) is 11.9 Å². The van der Waals surface area contributed by atoms with Gasteiger partial charge in [0.2, 0.25) is 0 Å². The summed E-state index contributed by atoms with van der Waals surface area (Å²) in [6.45, 7) is 1.96. The van der Waals surface area contributed by atoms with E-state index in [9.17, 15) is 0 Å². The molecule has 0 amide bonds. The van der Waals surface area contributed by atoms with Crippen LogP contribution in [0.2, 0.25) is 0 Å². The molecule has 1 heterocycles. The van der Waals surface area contributed by atoms with E-state index in [1.807, 2.05) is 24.4 Å². The molecule has 0 unspecified atom stereocenters. The number of nitrogens with one attached hydrogen (secondary N) is 2. The van der Waals surface area contributed by atoms with Crippen molar-refractivity contribution in [3.8, 4) is 22.6 Å². The van der Waals surface area contributed by atoms with E-state index in [1.54, 1.807) is 5.57 Å². The van der Waals surface area contributed by atoms with Crippen molar-refractivity contribution in [3.63, 3.8) is 0 Å². The molecule has 138 valence electrons. The minimum absolute atomic E-state index is 0.904. The van der Waals surface area contributed by atoms with Gasteiger partial charge in [-0.25, -0.2) is 4.98 Å². The Morgan fingerprint density at radius 3 is 2.70 bits per heavy atom. The predicted molar refractivity (Wildman–Crippen MR) is 112 cm³/mol. The van der Waals surface area contributed by atoms with Crippen LogP contribution in [0.25, 0.3) is 22.6 Å². The Hall–Kier alpha value is -2.65. The molecular formula is C24H27N3. The van der Waals surface area contributed by atoms with E-state index in [2.05, 4.69) is 57.8 Å². The number of hydrogen-bond acceptors (Lipinski definition) is 2. The second kappa shape index (κ2) is 8.83. The van der Waals surface area contributed by atoms with Gasteiger partial charge in [0.1, 0.15) is 5.82 Å². The fourth-order valence-electron chi connectivity index (χ4n) is 3.67. The summed E-state index contributed by atoms with van der Waals surface area (Å²) < 4.78 is 0. The first-order chi connectivity index (χ1) is 13.4. The molecule has 0 fully saturated rings. The van der Waals surface area contributed by atoms with Crippen LogP contribution < -0.4 is 5.32 Å². The van der Waals surface area contributed by atoms with Crippen molar-refractivity contribution in [2.24, 2.45) is 0 Å². The highest BCUT2D eigenvalue weighted by atomic mass is 14.9. The number of allylic oxidation sites excluding steroid dienone is 1. The maximum absolute atomic E-state index is 4.54. The number of nitrogens with zero attached hydrogens (tertiary/aromatic N) is 1. The van der Waals surface area contributed by atoms with Gasteiger partial charge >= 0.3 is 0 Å². The summed E-state index contributed by atoms with van der Waals surface area (Å²) in [5, 5.41) is 3.59. The molecule has 1 aromatic heterocycles. The quantitative estimate of drug-likeness (QED) is 0.419. The average Bonchev–Trinajstić information content (AvgIpc) is 3.23. The first-order valence-electron chi connectivity index (χ1n) is 9.97. The number of benzene rings is 2. The van der Waals surface area contributed by atoms with E-state index in [0.29, 0.717) is 0 Å². The zero-order valence-electron chi connectivity index (χ0n) is 15.7. The maximum atomic E-state index is 4.54. The second-order valence-corrected chi connectivity index (χ2v) is 7.25. The van der Waals surface area contributed by atoms with Gasteiger partial charge in [0.15, 0.2) is 0 Å². The molecule has 0 saturated carbocycles. The first kappa shape index (κ1) is 17.7. The molecule has 1 aliphatic carbocycles. The molecule has 27 heavy (non-hydrogen) atoms. The van der Waals surface area contributed by atoms with Crippen molar-refractivity contribution in [3.05, 3.63) is 78.0 Å². The lowest BCUT2D eigenvalue weighted by Crippen LogP contribution is -2.15. The Kier molecular flexibility index (Phi) is 5.80. The highest BCUT2D eigenvalue weighted by molar-refractivity contribution is 5.64. The molecule has 0 atom stereocenters. The van der Waals surface area contributed by atoms with Crippen LogP contribution in [-0.4, -0.2) is 16.5 Å². The predicted octanol–water partition coefficient (Wildman–Crippen LogP) is 5.72. The molecule has 2 N–H and O–H groups in total. The Balaban J connectivity index is 1.36. The van der Waals surface area contributed by atoms with Crippen LogP contribution in [0.15, 0.2) is 72.4 Å². The number of imidazole rings is 1. The van der Waals surface area contributed by atoms with E-state index in [0.717, 1.165) is 30.2 Å². The fourth-order valence-corrected chi connectivity index (χ4v) is 3.67. The summed E-state index contributed by atoms with van der Waals surface area (Å²) in [4.78, 5) is 7.99. The van der Waals surface area contributed by atoms with Gasteiger partial charge < -0.3 is 10.3 Å². The summed E-state index contributed by atoms with van der Waals surface area (Å²) in [5.74, 6) is 0.912. The van der Waals surface area contributed by atoms with Crippen LogP contribution in [0.1, 0.15) is 37.7 Å². The van der Waals surface area contributed by atoms with Crippen LogP contribution in [0.4, 0.5) is 0 Å². The highest BCUT2D eigenvalue weighted by Gasteiger charge is 2.06. The molecule has 3 nitrogen and oxygen atoms in total. The third kappa shape index (κ3) is 4.75. The number of aromatic nitrogens is 2. The minimum Gasteiger partial charge on any atom is -0.338 e. The van der Waals surface area contributed by atoms with Crippen molar-refractivity contribution < 1.29 is 0 Å². The highest BCUT2D eigenvalue weighted by Crippen LogP contribution is 2.23. The third-order valence-electron chi connectivity index (χ3n) is 5.20. The van der Waals surface area contributed by atoms with Crippen LogP contribution in [-0.2, 0) is 6.54 Å². The second-order valence-electron chi connectivity index (χ2n) is 7.25. The molecule has 2 aromatic carbocycles. The normalized spacial score (nSPS) is 14.1. The lowest BCUT2D eigenvalue weighted by atomic mass is 9.97. The van der Waals surface area contributed by atoms with E-state index in [4.69, 9.17) is 0 Å². The Bertz CT molecular complexity index is 893. The van der Waals surface area contributed by atoms with Crippen molar-refractivity contribution in [2.75, 3.05) is 6.54 Å². The lowest BCUT2D eigenvalue weighted by Gasteiger charge is -2.13. The van der Waals surface area contributed by atoms with Crippen LogP contribution >= 0.6 is 0 Å². The molecule has 0 radical (unpaired) electrons. The number of H-pyrrole nitrogens is 1. The molecule has 0 saturated heterocycles. The van der Waals surface area contributed by atoms with Crippen LogP contribution in [0.3, 0.4) is 0 Å². The zero-order valence-corrected chi connectivity index (χ0v) is 15.7. The number of aromatic amines is 1. The summed E-state index contributed by atoms with van der Waals surface area (Å²) >= 11 is 0. The van der Waals surface area contributed by atoms with Gasteiger partial charge in [0.25, 0.3) is 0 Å². The standard InChI is InChI=1S/C24H27N3/c1-3-8-19(9-4-1)14-15-25-17-20-10-7-13-22(16-20)23-18-26-24(27-23)21-11-5-2-6-12-21/h2,5-8,10-13,16,18,25H,1,3-4,9,14-15,17H2,(H,26,27). The fraction of sp³-hybridized carbons (Fsp3) is 0.292. The van der Waals surface area contributed by atoms with Gasteiger partial charge in [-0.15, -0.1) is 0 Å². The van der Waals surface area contributed by atoms with Crippen molar-refractivity contribution in [2.45, 2.75) is 38.6 Å². The lowest BCUT2D eigenvalue weighted by molar-refractivity contribution is 0.632. The smallest absolute Gasteiger partial charge is 0.137 e. The van der Waals surface area contributed by atoms with Crippen LogP contribution in [0, 0.1) is 0 Å². The summed E-state index contributed by atoms with van der Waals surface area (Å²) in [7, 11) is 0. The summed E-state index contributed by atoms with van der Waals surface area (Å²) in [6, 6.07) is 18.9. The molecule has 0 bridgehead atoms. The minimum atomic E-state index is 0.904. The SMILES string of the molecule is C1=C(CCNCc2cccc(-c3cnc(-c4ccccc4)[nH]3)c2)CCCC1. The zero-order chi connectivity index (χ0) is 18.3. The largest absolute Gasteiger partial charge is 0.338 e. The molecule has 0 spiro atoms. The molecule has 1 aliphatic rings. The van der Waals surface area contributed by atoms with Crippen molar-refractivity contribution >= 4 is 0 Å². The molecule has 3 heteroatoms. The van der Waals surface area contributed by atoms with Crippen LogP contribution in [0.5, 0.6) is 0 Å².